The molecule has 0 atom stereocenters. The van der Waals surface area contributed by atoms with Gasteiger partial charge < -0.3 is 20.3 Å². The first-order chi connectivity index (χ1) is 20.7. The van der Waals surface area contributed by atoms with Crippen molar-refractivity contribution in [1.82, 2.24) is 0 Å². The summed E-state index contributed by atoms with van der Waals surface area (Å²) in [6.07, 6.45) is 0. The lowest BCUT2D eigenvalue weighted by atomic mass is 9.79. The zero-order valence-corrected chi connectivity index (χ0v) is 25.6. The Hall–Kier alpha value is -5.03. The maximum atomic E-state index is 13.5. The summed E-state index contributed by atoms with van der Waals surface area (Å²) in [5.74, 6) is -0.325. The quantitative estimate of drug-likeness (QED) is 0.192. The highest BCUT2D eigenvalue weighted by Crippen LogP contribution is 2.48. The van der Waals surface area contributed by atoms with Gasteiger partial charge >= 0.3 is 5.97 Å². The number of hydrogen-bond acceptors (Lipinski definition) is 5. The molecular weight excluding hydrogens is 530 g/mol. The molecule has 0 aliphatic carbocycles. The number of hydrogen-bond donors (Lipinski definition) is 2. The van der Waals surface area contributed by atoms with Crippen molar-refractivity contribution < 1.29 is 9.53 Å². The van der Waals surface area contributed by atoms with Gasteiger partial charge in [-0.05, 0) is 98.5 Å². The van der Waals surface area contributed by atoms with Crippen molar-refractivity contribution in [2.24, 2.45) is 0 Å². The minimum atomic E-state index is -1.08. The average molecular weight is 568 g/mol. The van der Waals surface area contributed by atoms with E-state index in [1.807, 2.05) is 37.2 Å². The number of rotatable bonds is 7. The minimum absolute atomic E-state index is 0.325. The molecule has 0 fully saturated rings. The van der Waals surface area contributed by atoms with Crippen LogP contribution in [0, 0.1) is 27.7 Å². The normalized spacial score (nSPS) is 13.3. The van der Waals surface area contributed by atoms with Crippen molar-refractivity contribution in [3.63, 3.8) is 0 Å². The second kappa shape index (κ2) is 11.0. The van der Waals surface area contributed by atoms with E-state index in [0.29, 0.717) is 5.56 Å². The van der Waals surface area contributed by atoms with Gasteiger partial charge in [-0.25, -0.2) is 4.79 Å². The number of nitrogens with one attached hydrogen (secondary N) is 2. The molecule has 6 rings (SSSR count). The largest absolute Gasteiger partial charge is 0.441 e. The molecule has 1 aliphatic heterocycles. The molecule has 5 nitrogen and oxygen atoms in total. The van der Waals surface area contributed by atoms with Crippen LogP contribution < -0.4 is 15.5 Å². The van der Waals surface area contributed by atoms with Crippen LogP contribution in [0.25, 0.3) is 0 Å². The summed E-state index contributed by atoms with van der Waals surface area (Å²) in [5.41, 5.74) is 12.1. The van der Waals surface area contributed by atoms with Gasteiger partial charge in [-0.3, -0.25) is 0 Å². The number of carbonyl (C=O) groups is 1. The van der Waals surface area contributed by atoms with Crippen molar-refractivity contribution in [2.75, 3.05) is 29.6 Å². The van der Waals surface area contributed by atoms with Crippen LogP contribution in [-0.4, -0.2) is 20.1 Å². The molecule has 216 valence electrons. The number of anilines is 5. The molecule has 1 heterocycles. The first-order valence-electron chi connectivity index (χ1n) is 14.6. The Morgan fingerprint density at radius 1 is 0.628 bits per heavy atom. The predicted molar refractivity (Wildman–Crippen MR) is 177 cm³/mol. The summed E-state index contributed by atoms with van der Waals surface area (Å²) < 4.78 is 6.41. The van der Waals surface area contributed by atoms with E-state index in [1.165, 1.54) is 22.3 Å². The van der Waals surface area contributed by atoms with Crippen LogP contribution in [0.4, 0.5) is 28.4 Å². The third-order valence-electron chi connectivity index (χ3n) is 8.71. The van der Waals surface area contributed by atoms with Crippen molar-refractivity contribution in [2.45, 2.75) is 33.3 Å². The maximum absolute atomic E-state index is 13.5. The van der Waals surface area contributed by atoms with E-state index < -0.39 is 5.60 Å². The highest BCUT2D eigenvalue weighted by atomic mass is 16.6. The van der Waals surface area contributed by atoms with E-state index in [9.17, 15) is 4.79 Å². The van der Waals surface area contributed by atoms with E-state index in [4.69, 9.17) is 4.74 Å². The molecule has 0 saturated carbocycles. The van der Waals surface area contributed by atoms with E-state index in [1.54, 1.807) is 0 Å². The maximum Gasteiger partial charge on any atom is 0.340 e. The molecule has 0 saturated heterocycles. The summed E-state index contributed by atoms with van der Waals surface area (Å²) >= 11 is 0. The van der Waals surface area contributed by atoms with Crippen LogP contribution in [0.1, 0.15) is 49.3 Å². The van der Waals surface area contributed by atoms with E-state index >= 15 is 0 Å². The fraction of sp³-hybridized carbons (Fsp3) is 0.184. The Bertz CT molecular complexity index is 1730. The minimum Gasteiger partial charge on any atom is -0.441 e. The van der Waals surface area contributed by atoms with Crippen molar-refractivity contribution in [3.8, 4) is 0 Å². The van der Waals surface area contributed by atoms with Gasteiger partial charge in [-0.15, -0.1) is 0 Å². The second-order valence-electron chi connectivity index (χ2n) is 11.6. The monoisotopic (exact) mass is 567 g/mol. The lowest BCUT2D eigenvalue weighted by Crippen LogP contribution is -2.29. The number of aryl methyl sites for hydroxylation is 2. The topological polar surface area (TPSA) is 53.6 Å². The van der Waals surface area contributed by atoms with Crippen LogP contribution in [0.15, 0.2) is 103 Å². The summed E-state index contributed by atoms with van der Waals surface area (Å²) in [7, 11) is 3.94. The van der Waals surface area contributed by atoms with Gasteiger partial charge in [-0.1, -0.05) is 54.6 Å². The van der Waals surface area contributed by atoms with Crippen LogP contribution in [0.2, 0.25) is 0 Å². The number of fused-ring (bicyclic) bond motifs is 1. The molecule has 0 spiro atoms. The van der Waals surface area contributed by atoms with Crippen molar-refractivity contribution in [3.05, 3.63) is 148 Å². The molecule has 1 aliphatic rings. The van der Waals surface area contributed by atoms with E-state index in [0.717, 1.165) is 45.1 Å². The molecule has 0 amide bonds. The Balaban J connectivity index is 1.42. The Morgan fingerprint density at radius 3 is 1.58 bits per heavy atom. The Labute approximate surface area is 254 Å². The number of benzene rings is 5. The Morgan fingerprint density at radius 2 is 1.12 bits per heavy atom. The smallest absolute Gasteiger partial charge is 0.340 e. The highest BCUT2D eigenvalue weighted by Gasteiger charge is 2.48. The number of cyclic esters (lactones) is 1. The number of carbonyl (C=O) groups excluding carboxylic acids is 1. The lowest BCUT2D eigenvalue weighted by molar-refractivity contribution is 0.0251. The second-order valence-corrected chi connectivity index (χ2v) is 11.6. The van der Waals surface area contributed by atoms with Gasteiger partial charge in [0.25, 0.3) is 0 Å². The molecule has 0 unspecified atom stereocenters. The van der Waals surface area contributed by atoms with Gasteiger partial charge in [0.05, 0.1) is 5.56 Å². The van der Waals surface area contributed by atoms with Crippen molar-refractivity contribution in [1.29, 1.82) is 0 Å². The number of esters is 1. The summed E-state index contributed by atoms with van der Waals surface area (Å²) in [4.78, 5) is 15.5. The Kier molecular flexibility index (Phi) is 7.18. The third-order valence-corrected chi connectivity index (χ3v) is 8.71. The third kappa shape index (κ3) is 5.01. The molecule has 0 bridgehead atoms. The van der Waals surface area contributed by atoms with Gasteiger partial charge in [0.2, 0.25) is 0 Å². The number of ether oxygens (including phenoxy) is 1. The first kappa shape index (κ1) is 28.1. The molecule has 43 heavy (non-hydrogen) atoms. The van der Waals surface area contributed by atoms with E-state index in [-0.39, 0.29) is 5.97 Å². The van der Waals surface area contributed by atoms with Crippen LogP contribution in [0.5, 0.6) is 0 Å². The molecule has 5 aromatic rings. The standard InChI is InChI=1S/C38H37N3O2/c1-24-9-7-11-35(26(24)3)39-30-17-13-28(14-18-30)38(34-22-21-32(41(5)6)23-33(34)37(42)43-38)29-15-19-31(20-16-29)40-36-12-8-10-25(2)27(36)4/h7-23,39-40H,1-6H3. The molecular formula is C38H37N3O2. The highest BCUT2D eigenvalue weighted by molar-refractivity contribution is 5.97. The predicted octanol–water partition coefficient (Wildman–Crippen LogP) is 8.94. The zero-order chi connectivity index (χ0) is 30.3. The lowest BCUT2D eigenvalue weighted by Gasteiger charge is -2.31. The molecule has 5 heteroatoms. The zero-order valence-electron chi connectivity index (χ0n) is 25.6. The van der Waals surface area contributed by atoms with Crippen LogP contribution in [-0.2, 0) is 10.3 Å². The van der Waals surface area contributed by atoms with Crippen LogP contribution >= 0.6 is 0 Å². The fourth-order valence-corrected chi connectivity index (χ4v) is 5.79. The van der Waals surface area contributed by atoms with Gasteiger partial charge in [0, 0.05) is 59.2 Å². The summed E-state index contributed by atoms with van der Waals surface area (Å²) in [6, 6.07) is 34.9. The summed E-state index contributed by atoms with van der Waals surface area (Å²) in [5, 5.41) is 7.10. The molecule has 5 aromatic carbocycles. The van der Waals surface area contributed by atoms with Gasteiger partial charge in [0.1, 0.15) is 0 Å². The summed E-state index contributed by atoms with van der Waals surface area (Å²) in [6.45, 7) is 8.47. The SMILES string of the molecule is Cc1cccc(Nc2ccc(C3(c4ccc(Nc5cccc(C)c5C)cc4)OC(=O)c4cc(N(C)C)ccc43)cc2)c1C. The first-order valence-corrected chi connectivity index (χ1v) is 14.6. The van der Waals surface area contributed by atoms with Gasteiger partial charge in [0.15, 0.2) is 5.60 Å². The van der Waals surface area contributed by atoms with Crippen molar-refractivity contribution >= 4 is 34.4 Å². The number of nitrogens with zero attached hydrogens (tertiary/aromatic N) is 1. The van der Waals surface area contributed by atoms with Gasteiger partial charge in [-0.2, -0.15) is 0 Å². The molecule has 0 aromatic heterocycles. The molecule has 0 radical (unpaired) electrons. The fourth-order valence-electron chi connectivity index (χ4n) is 5.79. The average Bonchev–Trinajstić information content (AvgIpc) is 3.31. The molecule has 2 N–H and O–H groups in total. The van der Waals surface area contributed by atoms with Crippen LogP contribution in [0.3, 0.4) is 0 Å². The van der Waals surface area contributed by atoms with E-state index in [2.05, 4.69) is 123 Å².